The first-order chi connectivity index (χ1) is 7.72. The monoisotopic (exact) mass is 220 g/mol. The second-order valence-electron chi connectivity index (χ2n) is 4.08. The first kappa shape index (κ1) is 10.9. The predicted molar refractivity (Wildman–Crippen MR) is 61.6 cm³/mol. The van der Waals surface area contributed by atoms with Crippen LogP contribution < -0.4 is 4.90 Å². The van der Waals surface area contributed by atoms with Crippen LogP contribution >= 0.6 is 0 Å². The van der Waals surface area contributed by atoms with E-state index in [1.807, 2.05) is 0 Å². The number of nitrogens with zero attached hydrogens (tertiary/aromatic N) is 2. The van der Waals surface area contributed by atoms with Gasteiger partial charge in [-0.1, -0.05) is 0 Å². The average Bonchev–Trinajstić information content (AvgIpc) is 2.74. The van der Waals surface area contributed by atoms with E-state index in [9.17, 15) is 4.79 Å². The lowest BCUT2D eigenvalue weighted by Gasteiger charge is -2.22. The van der Waals surface area contributed by atoms with Gasteiger partial charge in [-0.2, -0.15) is 0 Å². The van der Waals surface area contributed by atoms with E-state index < -0.39 is 0 Å². The topological polar surface area (TPSA) is 42.4 Å². The van der Waals surface area contributed by atoms with Gasteiger partial charge in [0.2, 0.25) is 0 Å². The van der Waals surface area contributed by atoms with E-state index in [0.29, 0.717) is 11.6 Å². The van der Waals surface area contributed by atoms with Crippen LogP contribution in [0.5, 0.6) is 0 Å². The molecule has 0 spiro atoms. The number of hydrogen-bond donors (Lipinski definition) is 0. The van der Waals surface area contributed by atoms with E-state index in [1.165, 1.54) is 20.0 Å². The van der Waals surface area contributed by atoms with Crippen LogP contribution in [-0.4, -0.2) is 30.6 Å². The number of carbonyl (C=O) groups is 1. The summed E-state index contributed by atoms with van der Waals surface area (Å²) in [5.41, 5.74) is 0.562. The van der Waals surface area contributed by atoms with Crippen molar-refractivity contribution in [1.29, 1.82) is 0 Å². The third kappa shape index (κ3) is 2.01. The number of anilines is 1. The summed E-state index contributed by atoms with van der Waals surface area (Å²) in [5.74, 6) is 0.559. The molecule has 1 aliphatic heterocycles. The number of aromatic nitrogens is 1. The largest absolute Gasteiger partial charge is 0.465 e. The van der Waals surface area contributed by atoms with Gasteiger partial charge in [0.05, 0.1) is 12.7 Å². The Morgan fingerprint density at radius 3 is 3.06 bits per heavy atom. The fourth-order valence-electron chi connectivity index (χ4n) is 2.09. The molecule has 0 amide bonds. The van der Waals surface area contributed by atoms with Crippen molar-refractivity contribution in [2.75, 3.05) is 18.6 Å². The molecule has 2 heterocycles. The minimum Gasteiger partial charge on any atom is -0.465 e. The van der Waals surface area contributed by atoms with Gasteiger partial charge in [-0.25, -0.2) is 9.78 Å². The van der Waals surface area contributed by atoms with Gasteiger partial charge in [0.25, 0.3) is 0 Å². The van der Waals surface area contributed by atoms with E-state index in [0.717, 1.165) is 12.4 Å². The molecule has 1 aromatic rings. The summed E-state index contributed by atoms with van der Waals surface area (Å²) >= 11 is 0. The third-order valence-corrected chi connectivity index (χ3v) is 3.01. The van der Waals surface area contributed by atoms with E-state index >= 15 is 0 Å². The van der Waals surface area contributed by atoms with E-state index in [2.05, 4.69) is 16.8 Å². The van der Waals surface area contributed by atoms with Crippen molar-refractivity contribution in [1.82, 2.24) is 4.98 Å². The molecule has 0 bridgehead atoms. The molecule has 0 radical (unpaired) electrons. The quantitative estimate of drug-likeness (QED) is 0.713. The molecule has 0 aromatic carbocycles. The van der Waals surface area contributed by atoms with Gasteiger partial charge in [0.15, 0.2) is 0 Å². The lowest BCUT2D eigenvalue weighted by Crippen LogP contribution is -2.27. The number of methoxy groups -OCH3 is 1. The number of carbonyl (C=O) groups excluding carboxylic acids is 1. The Morgan fingerprint density at radius 1 is 1.62 bits per heavy atom. The molecule has 0 aliphatic carbocycles. The number of hydrogen-bond acceptors (Lipinski definition) is 4. The maximum atomic E-state index is 11.4. The van der Waals surface area contributed by atoms with Crippen LogP contribution in [-0.2, 0) is 4.74 Å². The zero-order chi connectivity index (χ0) is 11.5. The Kier molecular flexibility index (Phi) is 3.08. The fraction of sp³-hybridized carbons (Fsp3) is 0.500. The first-order valence-electron chi connectivity index (χ1n) is 5.53. The van der Waals surface area contributed by atoms with E-state index in [4.69, 9.17) is 4.74 Å². The summed E-state index contributed by atoms with van der Waals surface area (Å²) < 4.78 is 4.70. The molecule has 86 valence electrons. The molecule has 1 fully saturated rings. The number of esters is 1. The highest BCUT2D eigenvalue weighted by Gasteiger charge is 2.22. The Balaban J connectivity index is 2.25. The summed E-state index contributed by atoms with van der Waals surface area (Å²) in [7, 11) is 1.39. The van der Waals surface area contributed by atoms with Crippen LogP contribution in [0.3, 0.4) is 0 Å². The maximum absolute atomic E-state index is 11.4. The lowest BCUT2D eigenvalue weighted by molar-refractivity contribution is 0.0600. The van der Waals surface area contributed by atoms with Gasteiger partial charge >= 0.3 is 5.97 Å². The zero-order valence-corrected chi connectivity index (χ0v) is 9.64. The SMILES string of the molecule is COC(=O)c1ccnc(N2CCCC2C)c1. The van der Waals surface area contributed by atoms with Crippen LogP contribution in [0.4, 0.5) is 5.82 Å². The third-order valence-electron chi connectivity index (χ3n) is 3.01. The minimum atomic E-state index is -0.310. The summed E-state index contributed by atoms with van der Waals surface area (Å²) in [6.07, 6.45) is 4.03. The van der Waals surface area contributed by atoms with Crippen molar-refractivity contribution in [2.45, 2.75) is 25.8 Å². The molecule has 1 saturated heterocycles. The molecule has 16 heavy (non-hydrogen) atoms. The summed E-state index contributed by atoms with van der Waals surface area (Å²) in [6, 6.07) is 3.98. The van der Waals surface area contributed by atoms with Crippen LogP contribution in [0.2, 0.25) is 0 Å². The van der Waals surface area contributed by atoms with Crippen molar-refractivity contribution >= 4 is 11.8 Å². The highest BCUT2D eigenvalue weighted by atomic mass is 16.5. The van der Waals surface area contributed by atoms with Crippen LogP contribution in [0, 0.1) is 0 Å². The summed E-state index contributed by atoms with van der Waals surface area (Å²) in [5, 5.41) is 0. The molecule has 1 atom stereocenters. The number of pyridine rings is 1. The van der Waals surface area contributed by atoms with E-state index in [-0.39, 0.29) is 5.97 Å². The average molecular weight is 220 g/mol. The van der Waals surface area contributed by atoms with Gasteiger partial charge in [0, 0.05) is 18.8 Å². The smallest absolute Gasteiger partial charge is 0.338 e. The van der Waals surface area contributed by atoms with Crippen molar-refractivity contribution in [3.8, 4) is 0 Å². The second kappa shape index (κ2) is 4.51. The Labute approximate surface area is 95.2 Å². The Bertz CT molecular complexity index is 392. The normalized spacial score (nSPS) is 19.9. The van der Waals surface area contributed by atoms with Crippen molar-refractivity contribution in [2.24, 2.45) is 0 Å². The second-order valence-corrected chi connectivity index (χ2v) is 4.08. The highest BCUT2D eigenvalue weighted by Crippen LogP contribution is 2.23. The molecule has 0 saturated carbocycles. The minimum absolute atomic E-state index is 0.310. The Hall–Kier alpha value is -1.58. The Morgan fingerprint density at radius 2 is 2.44 bits per heavy atom. The molecular formula is C12H16N2O2. The first-order valence-corrected chi connectivity index (χ1v) is 5.53. The molecule has 2 rings (SSSR count). The molecule has 4 nitrogen and oxygen atoms in total. The van der Waals surface area contributed by atoms with Crippen LogP contribution in [0.25, 0.3) is 0 Å². The van der Waals surface area contributed by atoms with E-state index in [1.54, 1.807) is 18.3 Å². The molecule has 1 unspecified atom stereocenters. The summed E-state index contributed by atoms with van der Waals surface area (Å²) in [4.78, 5) is 17.9. The van der Waals surface area contributed by atoms with Gasteiger partial charge in [-0.3, -0.25) is 0 Å². The van der Waals surface area contributed by atoms with Gasteiger partial charge in [-0.05, 0) is 31.9 Å². The number of ether oxygens (including phenoxy) is 1. The summed E-state index contributed by atoms with van der Waals surface area (Å²) in [6.45, 7) is 3.19. The van der Waals surface area contributed by atoms with Crippen molar-refractivity contribution in [3.63, 3.8) is 0 Å². The van der Waals surface area contributed by atoms with Gasteiger partial charge in [0.1, 0.15) is 5.82 Å². The van der Waals surface area contributed by atoms with Crippen LogP contribution in [0.1, 0.15) is 30.1 Å². The maximum Gasteiger partial charge on any atom is 0.338 e. The fourth-order valence-corrected chi connectivity index (χ4v) is 2.09. The highest BCUT2D eigenvalue weighted by molar-refractivity contribution is 5.90. The number of rotatable bonds is 2. The molecule has 4 heteroatoms. The zero-order valence-electron chi connectivity index (χ0n) is 9.64. The van der Waals surface area contributed by atoms with Crippen molar-refractivity contribution in [3.05, 3.63) is 23.9 Å². The molecular weight excluding hydrogens is 204 g/mol. The van der Waals surface area contributed by atoms with Gasteiger partial charge < -0.3 is 9.64 Å². The standard InChI is InChI=1S/C12H16N2O2/c1-9-4-3-7-14(9)11-8-10(5-6-13-11)12(15)16-2/h5-6,8-9H,3-4,7H2,1-2H3. The van der Waals surface area contributed by atoms with Gasteiger partial charge in [-0.15, -0.1) is 0 Å². The van der Waals surface area contributed by atoms with Crippen LogP contribution in [0.15, 0.2) is 18.3 Å². The molecule has 1 aromatic heterocycles. The van der Waals surface area contributed by atoms with Crippen molar-refractivity contribution < 1.29 is 9.53 Å². The molecule has 1 aliphatic rings. The predicted octanol–water partition coefficient (Wildman–Crippen LogP) is 1.86. The lowest BCUT2D eigenvalue weighted by atomic mass is 10.2. The molecule has 0 N–H and O–H groups in total.